The molecule has 5 heteroatoms. The van der Waals surface area contributed by atoms with Gasteiger partial charge in [0, 0.05) is 18.1 Å². The number of aryl methyl sites for hydroxylation is 2. The fourth-order valence-corrected chi connectivity index (χ4v) is 4.36. The highest BCUT2D eigenvalue weighted by molar-refractivity contribution is 7.09. The van der Waals surface area contributed by atoms with Crippen LogP contribution in [0.2, 0.25) is 0 Å². The van der Waals surface area contributed by atoms with Crippen LogP contribution in [0.25, 0.3) is 0 Å². The first-order chi connectivity index (χ1) is 11.6. The second kappa shape index (κ2) is 7.64. The number of nitrogens with one attached hydrogen (secondary N) is 1. The van der Waals surface area contributed by atoms with Crippen LogP contribution in [0.15, 0.2) is 29.8 Å². The van der Waals surface area contributed by atoms with Crippen LogP contribution in [0.3, 0.4) is 0 Å². The van der Waals surface area contributed by atoms with Crippen molar-refractivity contribution in [2.24, 2.45) is 0 Å². The number of aliphatic hydroxyl groups excluding tert-OH is 1. The maximum Gasteiger partial charge on any atom is 0.119 e. The first-order valence-electron chi connectivity index (χ1n) is 8.62. The predicted octanol–water partition coefficient (Wildman–Crippen LogP) is 3.56. The molecule has 1 aromatic heterocycles. The van der Waals surface area contributed by atoms with Crippen LogP contribution in [0.5, 0.6) is 5.75 Å². The minimum atomic E-state index is -0.539. The second-order valence-electron chi connectivity index (χ2n) is 6.80. The zero-order chi connectivity index (χ0) is 17.0. The maximum atomic E-state index is 10.3. The third kappa shape index (κ3) is 4.15. The van der Waals surface area contributed by atoms with E-state index in [1.165, 1.54) is 24.0 Å². The Kier molecular flexibility index (Phi) is 5.54. The molecule has 0 radical (unpaired) electrons. The first kappa shape index (κ1) is 17.4. The molecule has 0 amide bonds. The van der Waals surface area contributed by atoms with Gasteiger partial charge < -0.3 is 15.2 Å². The molecule has 24 heavy (non-hydrogen) atoms. The summed E-state index contributed by atoms with van der Waals surface area (Å²) < 4.78 is 5.77. The lowest BCUT2D eigenvalue weighted by molar-refractivity contribution is 0.0961. The van der Waals surface area contributed by atoms with Crippen molar-refractivity contribution in [3.05, 3.63) is 45.9 Å². The summed E-state index contributed by atoms with van der Waals surface area (Å²) in [6.45, 7) is 4.92. The van der Waals surface area contributed by atoms with Crippen LogP contribution >= 0.6 is 11.3 Å². The van der Waals surface area contributed by atoms with Gasteiger partial charge in [-0.15, -0.1) is 11.3 Å². The van der Waals surface area contributed by atoms with Gasteiger partial charge in [0.25, 0.3) is 0 Å². The number of thiazole rings is 1. The van der Waals surface area contributed by atoms with E-state index in [0.717, 1.165) is 23.6 Å². The zero-order valence-electron chi connectivity index (χ0n) is 14.4. The molecule has 1 heterocycles. The number of rotatable bonds is 7. The molecule has 0 spiro atoms. The van der Waals surface area contributed by atoms with Crippen molar-refractivity contribution < 1.29 is 9.84 Å². The standard InChI is InChI=1S/C19H26N2O2S/c1-14-9-15(2)11-17(10-14)23-13-16(22)12-21-19(5-3-4-6-19)18-20-7-8-24-18/h7-11,16,21-22H,3-6,12-13H2,1-2H3. The van der Waals surface area contributed by atoms with E-state index in [-0.39, 0.29) is 5.54 Å². The zero-order valence-corrected chi connectivity index (χ0v) is 15.2. The van der Waals surface area contributed by atoms with E-state index in [2.05, 4.69) is 30.2 Å². The number of ether oxygens (including phenoxy) is 1. The molecular weight excluding hydrogens is 320 g/mol. The molecule has 0 bridgehead atoms. The number of aliphatic hydroxyl groups is 1. The summed E-state index contributed by atoms with van der Waals surface area (Å²) in [5.41, 5.74) is 2.28. The second-order valence-corrected chi connectivity index (χ2v) is 7.69. The topological polar surface area (TPSA) is 54.4 Å². The molecule has 2 aromatic rings. The van der Waals surface area contributed by atoms with E-state index in [1.54, 1.807) is 11.3 Å². The van der Waals surface area contributed by atoms with Gasteiger partial charge in [-0.05, 0) is 49.9 Å². The Bertz CT molecular complexity index is 631. The Morgan fingerprint density at radius 2 is 1.96 bits per heavy atom. The highest BCUT2D eigenvalue weighted by Crippen LogP contribution is 2.39. The normalized spacial score (nSPS) is 17.8. The van der Waals surface area contributed by atoms with E-state index >= 15 is 0 Å². The van der Waals surface area contributed by atoms with Crippen LogP contribution in [0.1, 0.15) is 41.8 Å². The summed E-state index contributed by atoms with van der Waals surface area (Å²) in [7, 11) is 0. The van der Waals surface area contributed by atoms with E-state index in [4.69, 9.17) is 4.74 Å². The molecule has 1 aliphatic carbocycles. The van der Waals surface area contributed by atoms with Gasteiger partial charge in [0.2, 0.25) is 0 Å². The summed E-state index contributed by atoms with van der Waals surface area (Å²) in [4.78, 5) is 4.50. The average molecular weight is 346 g/mol. The summed E-state index contributed by atoms with van der Waals surface area (Å²) in [6, 6.07) is 6.12. The van der Waals surface area contributed by atoms with E-state index in [0.29, 0.717) is 13.2 Å². The fraction of sp³-hybridized carbons (Fsp3) is 0.526. The summed E-state index contributed by atoms with van der Waals surface area (Å²) >= 11 is 1.70. The van der Waals surface area contributed by atoms with E-state index < -0.39 is 6.10 Å². The van der Waals surface area contributed by atoms with Gasteiger partial charge >= 0.3 is 0 Å². The highest BCUT2D eigenvalue weighted by atomic mass is 32.1. The molecule has 1 saturated carbocycles. The fourth-order valence-electron chi connectivity index (χ4n) is 3.49. The van der Waals surface area contributed by atoms with Crippen molar-refractivity contribution >= 4 is 11.3 Å². The molecule has 1 aromatic carbocycles. The third-order valence-corrected chi connectivity index (χ3v) is 5.59. The molecule has 1 aliphatic rings. The average Bonchev–Trinajstić information content (AvgIpc) is 3.22. The SMILES string of the molecule is Cc1cc(C)cc(OCC(O)CNC2(c3nccs3)CCCC2)c1. The van der Waals surface area contributed by atoms with Crippen LogP contribution in [-0.2, 0) is 5.54 Å². The molecule has 0 saturated heterocycles. The van der Waals surface area contributed by atoms with Crippen molar-refractivity contribution in [2.45, 2.75) is 51.2 Å². The lowest BCUT2D eigenvalue weighted by Gasteiger charge is -2.29. The van der Waals surface area contributed by atoms with Crippen molar-refractivity contribution in [1.82, 2.24) is 10.3 Å². The molecule has 2 N–H and O–H groups in total. The highest BCUT2D eigenvalue weighted by Gasteiger charge is 2.37. The van der Waals surface area contributed by atoms with Crippen LogP contribution in [0.4, 0.5) is 0 Å². The van der Waals surface area contributed by atoms with Crippen LogP contribution in [-0.4, -0.2) is 29.3 Å². The molecule has 3 rings (SSSR count). The van der Waals surface area contributed by atoms with Crippen molar-refractivity contribution in [3.63, 3.8) is 0 Å². The molecule has 1 unspecified atom stereocenters. The van der Waals surface area contributed by atoms with Gasteiger partial charge in [0.15, 0.2) is 0 Å². The minimum absolute atomic E-state index is 0.0604. The van der Waals surface area contributed by atoms with E-state index in [9.17, 15) is 5.11 Å². The van der Waals surface area contributed by atoms with Gasteiger partial charge in [0.05, 0.1) is 5.54 Å². The van der Waals surface area contributed by atoms with Crippen molar-refractivity contribution in [2.75, 3.05) is 13.2 Å². The molecule has 1 fully saturated rings. The van der Waals surface area contributed by atoms with Crippen molar-refractivity contribution in [1.29, 1.82) is 0 Å². The Labute approximate surface area is 147 Å². The molecule has 1 atom stereocenters. The van der Waals surface area contributed by atoms with Gasteiger partial charge in [-0.3, -0.25) is 0 Å². The van der Waals surface area contributed by atoms with Crippen molar-refractivity contribution in [3.8, 4) is 5.75 Å². The lowest BCUT2D eigenvalue weighted by atomic mass is 9.98. The number of benzene rings is 1. The minimum Gasteiger partial charge on any atom is -0.491 e. The Morgan fingerprint density at radius 3 is 2.58 bits per heavy atom. The molecule has 4 nitrogen and oxygen atoms in total. The molecule has 0 aliphatic heterocycles. The summed E-state index contributed by atoms with van der Waals surface area (Å²) in [5.74, 6) is 0.821. The quantitative estimate of drug-likeness (QED) is 0.805. The summed E-state index contributed by atoms with van der Waals surface area (Å²) in [5, 5.41) is 17.1. The van der Waals surface area contributed by atoms with E-state index in [1.807, 2.05) is 23.7 Å². The Morgan fingerprint density at radius 1 is 1.25 bits per heavy atom. The largest absolute Gasteiger partial charge is 0.491 e. The first-order valence-corrected chi connectivity index (χ1v) is 9.49. The van der Waals surface area contributed by atoms with Gasteiger partial charge in [-0.1, -0.05) is 18.9 Å². The smallest absolute Gasteiger partial charge is 0.119 e. The summed E-state index contributed by atoms with van der Waals surface area (Å²) in [6.07, 6.45) is 5.92. The number of nitrogens with zero attached hydrogens (tertiary/aromatic N) is 1. The third-order valence-electron chi connectivity index (χ3n) is 4.61. The molecule has 130 valence electrons. The number of hydrogen-bond acceptors (Lipinski definition) is 5. The Balaban J connectivity index is 1.54. The van der Waals surface area contributed by atoms with Gasteiger partial charge in [-0.2, -0.15) is 0 Å². The van der Waals surface area contributed by atoms with Gasteiger partial charge in [-0.25, -0.2) is 4.98 Å². The lowest BCUT2D eigenvalue weighted by Crippen LogP contribution is -2.45. The predicted molar refractivity (Wildman–Crippen MR) is 97.7 cm³/mol. The number of aromatic nitrogens is 1. The maximum absolute atomic E-state index is 10.3. The Hall–Kier alpha value is -1.43. The molecular formula is C19H26N2O2S. The van der Waals surface area contributed by atoms with Crippen LogP contribution < -0.4 is 10.1 Å². The van der Waals surface area contributed by atoms with Crippen LogP contribution in [0, 0.1) is 13.8 Å². The monoisotopic (exact) mass is 346 g/mol. The van der Waals surface area contributed by atoms with Gasteiger partial charge in [0.1, 0.15) is 23.5 Å². The number of hydrogen-bond donors (Lipinski definition) is 2.